The molecule has 0 aliphatic heterocycles. The number of pyridine rings is 1. The molecule has 3 rings (SSSR count). The van der Waals surface area contributed by atoms with Gasteiger partial charge >= 0.3 is 0 Å². The predicted octanol–water partition coefficient (Wildman–Crippen LogP) is 4.24. The van der Waals surface area contributed by atoms with Crippen molar-refractivity contribution < 1.29 is 0 Å². The van der Waals surface area contributed by atoms with Gasteiger partial charge in [-0.15, -0.1) is 11.3 Å². The number of fused-ring (bicyclic) bond motifs is 1. The molecule has 2 nitrogen and oxygen atoms in total. The van der Waals surface area contributed by atoms with Gasteiger partial charge in [0.2, 0.25) is 0 Å². The quantitative estimate of drug-likeness (QED) is 0.670. The molecule has 0 aromatic carbocycles. The van der Waals surface area contributed by atoms with E-state index in [1.165, 1.54) is 26.7 Å². The highest BCUT2D eigenvalue weighted by Gasteiger charge is 2.10. The lowest BCUT2D eigenvalue weighted by atomic mass is 10.2. The SMILES string of the molecule is CCc1ccc(-c2cnc3cc(C)cc(C)n23)s1. The molecule has 0 fully saturated rings. The summed E-state index contributed by atoms with van der Waals surface area (Å²) in [4.78, 5) is 7.24. The Kier molecular flexibility index (Phi) is 2.71. The second kappa shape index (κ2) is 4.25. The van der Waals surface area contributed by atoms with Crippen LogP contribution in [0.3, 0.4) is 0 Å². The largest absolute Gasteiger partial charge is 0.296 e. The van der Waals surface area contributed by atoms with Crippen LogP contribution < -0.4 is 0 Å². The number of aryl methyl sites for hydroxylation is 3. The zero-order valence-corrected chi connectivity index (χ0v) is 11.7. The van der Waals surface area contributed by atoms with E-state index >= 15 is 0 Å². The van der Waals surface area contributed by atoms with E-state index in [1.807, 2.05) is 17.5 Å². The Balaban J connectivity index is 2.23. The van der Waals surface area contributed by atoms with Crippen molar-refractivity contribution in [2.45, 2.75) is 27.2 Å². The smallest absolute Gasteiger partial charge is 0.137 e. The van der Waals surface area contributed by atoms with E-state index in [-0.39, 0.29) is 0 Å². The predicted molar refractivity (Wildman–Crippen MR) is 77.4 cm³/mol. The van der Waals surface area contributed by atoms with Gasteiger partial charge in [-0.3, -0.25) is 4.40 Å². The summed E-state index contributed by atoms with van der Waals surface area (Å²) < 4.78 is 2.23. The molecule has 0 aliphatic carbocycles. The van der Waals surface area contributed by atoms with Crippen molar-refractivity contribution in [3.63, 3.8) is 0 Å². The van der Waals surface area contributed by atoms with Gasteiger partial charge in [-0.2, -0.15) is 0 Å². The lowest BCUT2D eigenvalue weighted by molar-refractivity contribution is 1.09. The maximum atomic E-state index is 4.52. The van der Waals surface area contributed by atoms with Crippen molar-refractivity contribution in [2.24, 2.45) is 0 Å². The standard InChI is InChI=1S/C15H16N2S/c1-4-12-5-6-14(18-12)13-9-16-15-8-10(2)7-11(3)17(13)15/h5-9H,4H2,1-3H3. The average molecular weight is 256 g/mol. The Hall–Kier alpha value is -1.61. The van der Waals surface area contributed by atoms with E-state index in [0.29, 0.717) is 0 Å². The molecule has 0 atom stereocenters. The summed E-state index contributed by atoms with van der Waals surface area (Å²) in [5, 5.41) is 0. The Labute approximate surface area is 111 Å². The Morgan fingerprint density at radius 2 is 2.06 bits per heavy atom. The highest BCUT2D eigenvalue weighted by atomic mass is 32.1. The summed E-state index contributed by atoms with van der Waals surface area (Å²) in [6.07, 6.45) is 3.08. The second-order valence-corrected chi connectivity index (χ2v) is 5.80. The maximum absolute atomic E-state index is 4.52. The van der Waals surface area contributed by atoms with Gasteiger partial charge in [-0.1, -0.05) is 6.92 Å². The van der Waals surface area contributed by atoms with Crippen LogP contribution in [0.5, 0.6) is 0 Å². The number of hydrogen-bond donors (Lipinski definition) is 0. The minimum atomic E-state index is 1.04. The lowest BCUT2D eigenvalue weighted by Crippen LogP contribution is -1.93. The van der Waals surface area contributed by atoms with Gasteiger partial charge in [0, 0.05) is 10.6 Å². The summed E-state index contributed by atoms with van der Waals surface area (Å²) >= 11 is 1.86. The fourth-order valence-corrected chi connectivity index (χ4v) is 3.30. The van der Waals surface area contributed by atoms with E-state index in [1.54, 1.807) is 0 Å². The lowest BCUT2D eigenvalue weighted by Gasteiger charge is -2.05. The number of hydrogen-bond acceptors (Lipinski definition) is 2. The third-order valence-electron chi connectivity index (χ3n) is 3.20. The molecule has 3 aromatic rings. The molecule has 0 saturated heterocycles. The zero-order valence-electron chi connectivity index (χ0n) is 10.9. The van der Waals surface area contributed by atoms with E-state index in [2.05, 4.69) is 54.4 Å². The third kappa shape index (κ3) is 1.75. The first kappa shape index (κ1) is 11.5. The molecule has 18 heavy (non-hydrogen) atoms. The van der Waals surface area contributed by atoms with Crippen LogP contribution in [-0.2, 0) is 6.42 Å². The zero-order chi connectivity index (χ0) is 12.7. The molecule has 92 valence electrons. The van der Waals surface area contributed by atoms with Crippen molar-refractivity contribution in [1.82, 2.24) is 9.38 Å². The van der Waals surface area contributed by atoms with Gasteiger partial charge in [0.25, 0.3) is 0 Å². The fourth-order valence-electron chi connectivity index (χ4n) is 2.36. The molecule has 0 bridgehead atoms. The summed E-state index contributed by atoms with van der Waals surface area (Å²) in [5.74, 6) is 0. The third-order valence-corrected chi connectivity index (χ3v) is 4.45. The maximum Gasteiger partial charge on any atom is 0.137 e. The summed E-state index contributed by atoms with van der Waals surface area (Å²) in [7, 11) is 0. The van der Waals surface area contributed by atoms with Crippen molar-refractivity contribution in [1.29, 1.82) is 0 Å². The first-order valence-electron chi connectivity index (χ1n) is 6.23. The molecular formula is C15H16N2S. The van der Waals surface area contributed by atoms with Crippen LogP contribution in [0, 0.1) is 13.8 Å². The van der Waals surface area contributed by atoms with Crippen LogP contribution in [-0.4, -0.2) is 9.38 Å². The van der Waals surface area contributed by atoms with E-state index in [0.717, 1.165) is 12.1 Å². The van der Waals surface area contributed by atoms with Crippen LogP contribution in [0.25, 0.3) is 16.2 Å². The van der Waals surface area contributed by atoms with Gasteiger partial charge in [0.15, 0.2) is 0 Å². The normalized spacial score (nSPS) is 11.3. The second-order valence-electron chi connectivity index (χ2n) is 4.63. The minimum Gasteiger partial charge on any atom is -0.296 e. The topological polar surface area (TPSA) is 17.3 Å². The van der Waals surface area contributed by atoms with Crippen LogP contribution in [0.15, 0.2) is 30.5 Å². The number of nitrogens with zero attached hydrogens (tertiary/aromatic N) is 2. The number of aromatic nitrogens is 2. The van der Waals surface area contributed by atoms with Gasteiger partial charge in [0.1, 0.15) is 5.65 Å². The van der Waals surface area contributed by atoms with Crippen molar-refractivity contribution >= 4 is 17.0 Å². The minimum absolute atomic E-state index is 1.04. The fraction of sp³-hybridized carbons (Fsp3) is 0.267. The summed E-state index contributed by atoms with van der Waals surface area (Å²) in [5.41, 5.74) is 4.74. The monoisotopic (exact) mass is 256 g/mol. The van der Waals surface area contributed by atoms with Gasteiger partial charge in [-0.05, 0) is 50.1 Å². The number of thiophene rings is 1. The number of rotatable bonds is 2. The van der Waals surface area contributed by atoms with Crippen molar-refractivity contribution in [3.8, 4) is 10.6 Å². The molecule has 0 saturated carbocycles. The molecule has 3 heteroatoms. The molecule has 0 unspecified atom stereocenters. The summed E-state index contributed by atoms with van der Waals surface area (Å²) in [6, 6.07) is 8.74. The Morgan fingerprint density at radius 1 is 1.22 bits per heavy atom. The van der Waals surface area contributed by atoms with Gasteiger partial charge < -0.3 is 0 Å². The van der Waals surface area contributed by atoms with E-state index in [4.69, 9.17) is 0 Å². The number of imidazole rings is 1. The highest BCUT2D eigenvalue weighted by Crippen LogP contribution is 2.30. The van der Waals surface area contributed by atoms with Crippen LogP contribution in [0.2, 0.25) is 0 Å². The Bertz CT molecular complexity index is 706. The molecule has 3 aromatic heterocycles. The first-order valence-corrected chi connectivity index (χ1v) is 7.04. The molecular weight excluding hydrogens is 240 g/mol. The molecule has 0 radical (unpaired) electrons. The molecule has 0 spiro atoms. The molecule has 3 heterocycles. The molecule has 0 amide bonds. The molecule has 0 aliphatic rings. The van der Waals surface area contributed by atoms with Gasteiger partial charge in [-0.25, -0.2) is 4.98 Å². The van der Waals surface area contributed by atoms with Gasteiger partial charge in [0.05, 0.1) is 16.8 Å². The van der Waals surface area contributed by atoms with E-state index < -0.39 is 0 Å². The van der Waals surface area contributed by atoms with Crippen LogP contribution in [0.1, 0.15) is 23.1 Å². The van der Waals surface area contributed by atoms with E-state index in [9.17, 15) is 0 Å². The van der Waals surface area contributed by atoms with Crippen LogP contribution in [0.4, 0.5) is 0 Å². The highest BCUT2D eigenvalue weighted by molar-refractivity contribution is 7.15. The molecule has 0 N–H and O–H groups in total. The van der Waals surface area contributed by atoms with Crippen molar-refractivity contribution in [2.75, 3.05) is 0 Å². The van der Waals surface area contributed by atoms with Crippen molar-refractivity contribution in [3.05, 3.63) is 46.6 Å². The Morgan fingerprint density at radius 3 is 2.78 bits per heavy atom. The van der Waals surface area contributed by atoms with Crippen LogP contribution >= 0.6 is 11.3 Å². The average Bonchev–Trinajstić information content (AvgIpc) is 2.93. The first-order chi connectivity index (χ1) is 8.69. The summed E-state index contributed by atoms with van der Waals surface area (Å²) in [6.45, 7) is 6.44.